The van der Waals surface area contributed by atoms with Gasteiger partial charge in [0.2, 0.25) is 0 Å². The van der Waals surface area contributed by atoms with Gasteiger partial charge in [0.15, 0.2) is 6.10 Å². The number of hydrogen-bond donors (Lipinski definition) is 0. The topological polar surface area (TPSA) is 38.8 Å². The zero-order chi connectivity index (χ0) is 13.0. The van der Waals surface area contributed by atoms with Crippen molar-refractivity contribution in [1.29, 1.82) is 0 Å². The van der Waals surface area contributed by atoms with Crippen LogP contribution in [-0.2, 0) is 9.53 Å². The van der Waals surface area contributed by atoms with Gasteiger partial charge in [0.1, 0.15) is 11.6 Å². The first-order valence-electron chi connectivity index (χ1n) is 5.95. The highest BCUT2D eigenvalue weighted by atomic mass is 19.1. The van der Waals surface area contributed by atoms with Gasteiger partial charge < -0.3 is 14.4 Å². The first-order chi connectivity index (χ1) is 8.66. The summed E-state index contributed by atoms with van der Waals surface area (Å²) in [6.07, 6.45) is -0.575. The Morgan fingerprint density at radius 1 is 1.33 bits per heavy atom. The molecule has 0 aromatic heterocycles. The Kier molecular flexibility index (Phi) is 4.15. The number of carbonyl (C=O) groups excluding carboxylic acids is 1. The number of carbonyl (C=O) groups is 1. The molecule has 1 heterocycles. The maximum Gasteiger partial charge on any atom is 0.263 e. The third kappa shape index (κ3) is 3.20. The van der Waals surface area contributed by atoms with Crippen LogP contribution in [0.3, 0.4) is 0 Å². The Bertz CT molecular complexity index is 401. The zero-order valence-electron chi connectivity index (χ0n) is 10.3. The molecule has 1 saturated heterocycles. The second-order valence-corrected chi connectivity index (χ2v) is 4.15. The predicted octanol–water partition coefficient (Wildman–Crippen LogP) is 1.45. The molecule has 0 aliphatic carbocycles. The summed E-state index contributed by atoms with van der Waals surface area (Å²) in [5.41, 5.74) is 0. The molecule has 0 spiro atoms. The fourth-order valence-corrected chi connectivity index (χ4v) is 1.81. The lowest BCUT2D eigenvalue weighted by atomic mass is 10.3. The van der Waals surface area contributed by atoms with E-state index in [1.165, 1.54) is 24.3 Å². The van der Waals surface area contributed by atoms with Gasteiger partial charge in [0, 0.05) is 13.1 Å². The van der Waals surface area contributed by atoms with Crippen molar-refractivity contribution in [2.45, 2.75) is 13.0 Å². The average Bonchev–Trinajstić information content (AvgIpc) is 2.41. The van der Waals surface area contributed by atoms with Crippen molar-refractivity contribution in [2.24, 2.45) is 0 Å². The van der Waals surface area contributed by atoms with Gasteiger partial charge in [0.25, 0.3) is 5.91 Å². The van der Waals surface area contributed by atoms with Gasteiger partial charge in [-0.3, -0.25) is 4.79 Å². The molecule has 18 heavy (non-hydrogen) atoms. The van der Waals surface area contributed by atoms with Gasteiger partial charge in [-0.05, 0) is 31.2 Å². The summed E-state index contributed by atoms with van der Waals surface area (Å²) in [7, 11) is 0. The van der Waals surface area contributed by atoms with E-state index in [4.69, 9.17) is 9.47 Å². The quantitative estimate of drug-likeness (QED) is 0.818. The Hall–Kier alpha value is -1.62. The van der Waals surface area contributed by atoms with Crippen LogP contribution in [0, 0.1) is 5.82 Å². The summed E-state index contributed by atoms with van der Waals surface area (Å²) in [6, 6.07) is 5.64. The summed E-state index contributed by atoms with van der Waals surface area (Å²) in [5.74, 6) is 0.0997. The van der Waals surface area contributed by atoms with Crippen LogP contribution in [-0.4, -0.2) is 43.2 Å². The average molecular weight is 253 g/mol. The van der Waals surface area contributed by atoms with E-state index in [0.717, 1.165) is 0 Å². The number of amides is 1. The van der Waals surface area contributed by atoms with Crippen LogP contribution in [0.25, 0.3) is 0 Å². The lowest BCUT2D eigenvalue weighted by molar-refractivity contribution is -0.142. The van der Waals surface area contributed by atoms with E-state index in [1.807, 2.05) is 0 Å². The molecule has 1 fully saturated rings. The molecule has 0 radical (unpaired) electrons. The summed E-state index contributed by atoms with van der Waals surface area (Å²) in [5, 5.41) is 0. The Morgan fingerprint density at radius 2 is 1.94 bits per heavy atom. The molecule has 2 rings (SSSR count). The van der Waals surface area contributed by atoms with Crippen LogP contribution in [0.1, 0.15) is 6.92 Å². The smallest absolute Gasteiger partial charge is 0.263 e. The number of rotatable bonds is 3. The predicted molar refractivity (Wildman–Crippen MR) is 63.9 cm³/mol. The zero-order valence-corrected chi connectivity index (χ0v) is 10.3. The highest BCUT2D eigenvalue weighted by Crippen LogP contribution is 2.14. The van der Waals surface area contributed by atoms with Crippen LogP contribution < -0.4 is 4.74 Å². The first-order valence-corrected chi connectivity index (χ1v) is 5.95. The summed E-state index contributed by atoms with van der Waals surface area (Å²) >= 11 is 0. The summed E-state index contributed by atoms with van der Waals surface area (Å²) in [6.45, 7) is 4.01. The second-order valence-electron chi connectivity index (χ2n) is 4.15. The SMILES string of the molecule is CC(Oc1ccc(F)cc1)C(=O)N1CCOCC1. The van der Waals surface area contributed by atoms with E-state index in [9.17, 15) is 9.18 Å². The molecule has 1 aliphatic rings. The maximum atomic E-state index is 12.7. The largest absolute Gasteiger partial charge is 0.481 e. The lowest BCUT2D eigenvalue weighted by Gasteiger charge is -2.29. The van der Waals surface area contributed by atoms with Crippen molar-refractivity contribution in [3.05, 3.63) is 30.1 Å². The third-order valence-electron chi connectivity index (χ3n) is 2.80. The molecule has 1 amide bonds. The molecular formula is C13H16FNO3. The van der Waals surface area contributed by atoms with Crippen molar-refractivity contribution in [3.63, 3.8) is 0 Å². The minimum atomic E-state index is -0.575. The van der Waals surface area contributed by atoms with E-state index in [1.54, 1.807) is 11.8 Å². The van der Waals surface area contributed by atoms with Crippen LogP contribution >= 0.6 is 0 Å². The third-order valence-corrected chi connectivity index (χ3v) is 2.80. The van der Waals surface area contributed by atoms with Gasteiger partial charge >= 0.3 is 0 Å². The number of morpholine rings is 1. The fourth-order valence-electron chi connectivity index (χ4n) is 1.81. The maximum absolute atomic E-state index is 12.7. The van der Waals surface area contributed by atoms with Crippen molar-refractivity contribution in [2.75, 3.05) is 26.3 Å². The van der Waals surface area contributed by atoms with Gasteiger partial charge in [0.05, 0.1) is 13.2 Å². The molecule has 1 aromatic carbocycles. The van der Waals surface area contributed by atoms with Gasteiger partial charge in [-0.1, -0.05) is 0 Å². The van der Waals surface area contributed by atoms with Gasteiger partial charge in [-0.25, -0.2) is 4.39 Å². The highest BCUT2D eigenvalue weighted by Gasteiger charge is 2.23. The molecule has 98 valence electrons. The van der Waals surface area contributed by atoms with Gasteiger partial charge in [-0.15, -0.1) is 0 Å². The van der Waals surface area contributed by atoms with E-state index in [2.05, 4.69) is 0 Å². The molecule has 1 aromatic rings. The van der Waals surface area contributed by atoms with E-state index in [0.29, 0.717) is 32.1 Å². The Balaban J connectivity index is 1.92. The standard InChI is InChI=1S/C13H16FNO3/c1-10(13(16)15-6-8-17-9-7-15)18-12-4-2-11(14)3-5-12/h2-5,10H,6-9H2,1H3. The fraction of sp³-hybridized carbons (Fsp3) is 0.462. The van der Waals surface area contributed by atoms with Crippen molar-refractivity contribution in [3.8, 4) is 5.75 Å². The summed E-state index contributed by atoms with van der Waals surface area (Å²) < 4.78 is 23.4. The number of hydrogen-bond acceptors (Lipinski definition) is 3. The van der Waals surface area contributed by atoms with Crippen molar-refractivity contribution in [1.82, 2.24) is 4.90 Å². The lowest BCUT2D eigenvalue weighted by Crippen LogP contribution is -2.46. The van der Waals surface area contributed by atoms with Crippen molar-refractivity contribution >= 4 is 5.91 Å². The van der Waals surface area contributed by atoms with Crippen molar-refractivity contribution < 1.29 is 18.7 Å². The van der Waals surface area contributed by atoms with E-state index < -0.39 is 6.10 Å². The number of nitrogens with zero attached hydrogens (tertiary/aromatic N) is 1. The molecule has 0 N–H and O–H groups in total. The molecule has 0 saturated carbocycles. The molecule has 1 aliphatic heterocycles. The molecule has 1 unspecified atom stereocenters. The Labute approximate surface area is 105 Å². The molecule has 4 nitrogen and oxygen atoms in total. The van der Waals surface area contributed by atoms with Crippen LogP contribution in [0.15, 0.2) is 24.3 Å². The normalized spacial score (nSPS) is 17.3. The number of ether oxygens (including phenoxy) is 2. The minimum Gasteiger partial charge on any atom is -0.481 e. The summed E-state index contributed by atoms with van der Waals surface area (Å²) in [4.78, 5) is 13.8. The monoisotopic (exact) mass is 253 g/mol. The van der Waals surface area contributed by atoms with Crippen LogP contribution in [0.2, 0.25) is 0 Å². The second kappa shape index (κ2) is 5.82. The van der Waals surface area contributed by atoms with Crippen LogP contribution in [0.4, 0.5) is 4.39 Å². The molecular weight excluding hydrogens is 237 g/mol. The Morgan fingerprint density at radius 3 is 2.56 bits per heavy atom. The van der Waals surface area contributed by atoms with Crippen LogP contribution in [0.5, 0.6) is 5.75 Å². The number of halogens is 1. The molecule has 5 heteroatoms. The molecule has 1 atom stereocenters. The van der Waals surface area contributed by atoms with E-state index in [-0.39, 0.29) is 11.7 Å². The number of benzene rings is 1. The van der Waals surface area contributed by atoms with Gasteiger partial charge in [-0.2, -0.15) is 0 Å². The minimum absolute atomic E-state index is 0.0670. The van der Waals surface area contributed by atoms with E-state index >= 15 is 0 Å². The molecule has 0 bridgehead atoms. The first kappa shape index (κ1) is 12.8. The highest BCUT2D eigenvalue weighted by molar-refractivity contribution is 5.81.